The van der Waals surface area contributed by atoms with E-state index in [0.717, 1.165) is 18.9 Å². The summed E-state index contributed by atoms with van der Waals surface area (Å²) >= 11 is 0. The van der Waals surface area contributed by atoms with Gasteiger partial charge < -0.3 is 15.8 Å². The predicted molar refractivity (Wildman–Crippen MR) is 84.9 cm³/mol. The minimum Gasteiger partial charge on any atom is -0.378 e. The van der Waals surface area contributed by atoms with Crippen molar-refractivity contribution in [3.8, 4) is 0 Å². The van der Waals surface area contributed by atoms with Gasteiger partial charge in [-0.2, -0.15) is 0 Å². The first-order valence-electron chi connectivity index (χ1n) is 8.34. The summed E-state index contributed by atoms with van der Waals surface area (Å²) < 4.78 is 6.22. The number of primary amides is 1. The van der Waals surface area contributed by atoms with Gasteiger partial charge in [0.05, 0.1) is 11.6 Å². The number of amides is 1. The van der Waals surface area contributed by atoms with E-state index in [-0.39, 0.29) is 11.3 Å². The van der Waals surface area contributed by atoms with Crippen LogP contribution in [0.25, 0.3) is 0 Å². The number of carbonyl (C=O) groups excluding carboxylic acids is 1. The van der Waals surface area contributed by atoms with Gasteiger partial charge in [-0.15, -0.1) is 0 Å². The minimum absolute atomic E-state index is 0.277. The minimum atomic E-state index is -0.664. The van der Waals surface area contributed by atoms with Crippen molar-refractivity contribution < 1.29 is 9.53 Å². The summed E-state index contributed by atoms with van der Waals surface area (Å²) in [5.41, 5.74) is 5.50. The van der Waals surface area contributed by atoms with Gasteiger partial charge in [0.1, 0.15) is 0 Å². The summed E-state index contributed by atoms with van der Waals surface area (Å²) in [5, 5.41) is 3.19. The fourth-order valence-electron chi connectivity index (χ4n) is 4.48. The van der Waals surface area contributed by atoms with E-state index in [1.54, 1.807) is 0 Å². The molecule has 2 fully saturated rings. The van der Waals surface area contributed by atoms with Crippen LogP contribution in [0.4, 0.5) is 0 Å². The molecule has 2 saturated carbocycles. The topological polar surface area (TPSA) is 64.3 Å². The van der Waals surface area contributed by atoms with E-state index in [9.17, 15) is 4.79 Å². The van der Waals surface area contributed by atoms with Crippen LogP contribution in [0.3, 0.4) is 0 Å². The van der Waals surface area contributed by atoms with Crippen molar-refractivity contribution in [3.05, 3.63) is 0 Å². The van der Waals surface area contributed by atoms with Crippen molar-refractivity contribution in [2.24, 2.45) is 22.5 Å². The molecule has 0 spiro atoms. The van der Waals surface area contributed by atoms with Crippen molar-refractivity contribution in [1.82, 2.24) is 5.32 Å². The van der Waals surface area contributed by atoms with Gasteiger partial charge in [-0.05, 0) is 55.9 Å². The van der Waals surface area contributed by atoms with Crippen LogP contribution in [0.15, 0.2) is 0 Å². The van der Waals surface area contributed by atoms with E-state index in [0.29, 0.717) is 24.5 Å². The fourth-order valence-corrected chi connectivity index (χ4v) is 4.48. The van der Waals surface area contributed by atoms with E-state index in [4.69, 9.17) is 10.5 Å². The molecule has 0 aromatic rings. The Labute approximate surface area is 129 Å². The van der Waals surface area contributed by atoms with Crippen LogP contribution in [0, 0.1) is 16.7 Å². The zero-order valence-corrected chi connectivity index (χ0v) is 14.3. The van der Waals surface area contributed by atoms with E-state index >= 15 is 0 Å². The quantitative estimate of drug-likeness (QED) is 0.758. The van der Waals surface area contributed by atoms with Gasteiger partial charge in [-0.1, -0.05) is 27.7 Å². The standard InChI is InChI=1S/C17H32N2O2/c1-6-19-17(5,14(18)20)9-10-21-13-11-12-7-8-16(13,4)15(12,2)3/h12-13,19H,6-11H2,1-5H3,(H2,18,20). The third-order valence-corrected chi connectivity index (χ3v) is 6.75. The van der Waals surface area contributed by atoms with E-state index in [2.05, 4.69) is 26.1 Å². The molecule has 122 valence electrons. The van der Waals surface area contributed by atoms with Crippen LogP contribution in [0.1, 0.15) is 60.3 Å². The summed E-state index contributed by atoms with van der Waals surface area (Å²) in [7, 11) is 0. The number of hydrogen-bond acceptors (Lipinski definition) is 3. The van der Waals surface area contributed by atoms with Gasteiger partial charge in [-0.3, -0.25) is 4.79 Å². The van der Waals surface area contributed by atoms with Gasteiger partial charge in [-0.25, -0.2) is 0 Å². The van der Waals surface area contributed by atoms with Gasteiger partial charge in [0.25, 0.3) is 0 Å². The summed E-state index contributed by atoms with van der Waals surface area (Å²) in [5.74, 6) is 0.483. The molecule has 0 saturated heterocycles. The molecule has 0 aromatic carbocycles. The molecule has 2 rings (SSSR count). The highest BCUT2D eigenvalue weighted by atomic mass is 16.5. The first-order chi connectivity index (χ1) is 9.67. The van der Waals surface area contributed by atoms with Crippen LogP contribution in [0.5, 0.6) is 0 Å². The van der Waals surface area contributed by atoms with Crippen molar-refractivity contribution in [1.29, 1.82) is 0 Å². The maximum atomic E-state index is 11.6. The molecule has 21 heavy (non-hydrogen) atoms. The molecule has 4 atom stereocenters. The number of fused-ring (bicyclic) bond motifs is 2. The Morgan fingerprint density at radius 1 is 1.43 bits per heavy atom. The van der Waals surface area contributed by atoms with Gasteiger partial charge >= 0.3 is 0 Å². The van der Waals surface area contributed by atoms with Gasteiger partial charge in [0, 0.05) is 6.61 Å². The molecule has 0 aliphatic heterocycles. The Hall–Kier alpha value is -0.610. The Morgan fingerprint density at radius 3 is 2.52 bits per heavy atom. The monoisotopic (exact) mass is 296 g/mol. The van der Waals surface area contributed by atoms with Crippen LogP contribution < -0.4 is 11.1 Å². The average Bonchev–Trinajstić information content (AvgIpc) is 2.72. The van der Waals surface area contributed by atoms with E-state index in [1.807, 2.05) is 13.8 Å². The van der Waals surface area contributed by atoms with E-state index in [1.165, 1.54) is 12.8 Å². The smallest absolute Gasteiger partial charge is 0.237 e. The van der Waals surface area contributed by atoms with Crippen LogP contribution in [0.2, 0.25) is 0 Å². The lowest BCUT2D eigenvalue weighted by Gasteiger charge is -2.39. The molecule has 0 radical (unpaired) electrons. The highest BCUT2D eigenvalue weighted by Gasteiger charge is 2.61. The Bertz CT molecular complexity index is 410. The second kappa shape index (κ2) is 5.54. The maximum absolute atomic E-state index is 11.6. The third-order valence-electron chi connectivity index (χ3n) is 6.75. The Balaban J connectivity index is 1.92. The average molecular weight is 296 g/mol. The summed E-state index contributed by atoms with van der Waals surface area (Å²) in [4.78, 5) is 11.6. The zero-order valence-electron chi connectivity index (χ0n) is 14.3. The number of nitrogens with two attached hydrogens (primary N) is 1. The largest absolute Gasteiger partial charge is 0.378 e. The fraction of sp³-hybridized carbons (Fsp3) is 0.941. The van der Waals surface area contributed by atoms with Crippen LogP contribution >= 0.6 is 0 Å². The highest BCUT2D eigenvalue weighted by molar-refractivity contribution is 5.84. The molecule has 1 amide bonds. The van der Waals surface area contributed by atoms with Crippen molar-refractivity contribution >= 4 is 5.91 Å². The number of hydrogen-bond donors (Lipinski definition) is 2. The number of rotatable bonds is 7. The number of ether oxygens (including phenoxy) is 1. The summed E-state index contributed by atoms with van der Waals surface area (Å²) in [6, 6.07) is 0. The van der Waals surface area contributed by atoms with Crippen LogP contribution in [-0.2, 0) is 9.53 Å². The number of nitrogens with one attached hydrogen (secondary N) is 1. The number of likely N-dealkylation sites (N-methyl/N-ethyl adjacent to an activating group) is 1. The van der Waals surface area contributed by atoms with Crippen molar-refractivity contribution in [3.63, 3.8) is 0 Å². The highest BCUT2D eigenvalue weighted by Crippen LogP contribution is 2.66. The maximum Gasteiger partial charge on any atom is 0.237 e. The third kappa shape index (κ3) is 2.61. The molecular weight excluding hydrogens is 264 g/mol. The summed E-state index contributed by atoms with van der Waals surface area (Å²) in [6.07, 6.45) is 4.71. The first kappa shape index (κ1) is 16.8. The molecule has 2 aliphatic rings. The first-order valence-corrected chi connectivity index (χ1v) is 8.34. The molecule has 3 N–H and O–H groups in total. The molecule has 0 heterocycles. The molecule has 0 aromatic heterocycles. The SMILES string of the molecule is CCNC(C)(CCOC1CC2CCC1(C)C2(C)C)C(N)=O. The summed E-state index contributed by atoms with van der Waals surface area (Å²) in [6.45, 7) is 12.3. The molecule has 2 bridgehead atoms. The molecule has 2 aliphatic carbocycles. The Kier molecular flexibility index (Phi) is 4.42. The van der Waals surface area contributed by atoms with Gasteiger partial charge in [0.2, 0.25) is 5.91 Å². The number of carbonyl (C=O) groups is 1. The normalized spacial score (nSPS) is 36.6. The molecule has 4 heteroatoms. The van der Waals surface area contributed by atoms with E-state index < -0.39 is 5.54 Å². The lowest BCUT2D eigenvalue weighted by Crippen LogP contribution is -2.54. The second-order valence-corrected chi connectivity index (χ2v) is 7.95. The van der Waals surface area contributed by atoms with Gasteiger partial charge in [0.15, 0.2) is 0 Å². The predicted octanol–water partition coefficient (Wildman–Crippen LogP) is 2.46. The second-order valence-electron chi connectivity index (χ2n) is 7.95. The van der Waals surface area contributed by atoms with Crippen molar-refractivity contribution in [2.75, 3.05) is 13.2 Å². The van der Waals surface area contributed by atoms with Crippen LogP contribution in [-0.4, -0.2) is 30.7 Å². The van der Waals surface area contributed by atoms with Crippen molar-refractivity contribution in [2.45, 2.75) is 71.9 Å². The lowest BCUT2D eigenvalue weighted by atomic mass is 9.70. The molecule has 4 unspecified atom stereocenters. The Morgan fingerprint density at radius 2 is 2.10 bits per heavy atom. The zero-order chi connectivity index (χ0) is 15.9. The molecule has 4 nitrogen and oxygen atoms in total. The molecular formula is C17H32N2O2. The lowest BCUT2D eigenvalue weighted by molar-refractivity contribution is -0.125.